The van der Waals surface area contributed by atoms with Crippen LogP contribution < -0.4 is 5.73 Å². The van der Waals surface area contributed by atoms with E-state index >= 15 is 0 Å². The molecule has 1 aromatic rings. The molecule has 3 nitrogen and oxygen atoms in total. The highest BCUT2D eigenvalue weighted by Gasteiger charge is 2.27. The lowest BCUT2D eigenvalue weighted by molar-refractivity contribution is -0.142. The molecular formula is C10H12ClNO2. The minimum atomic E-state index is -1.23. The summed E-state index contributed by atoms with van der Waals surface area (Å²) in [6, 6.07) is 6.98. The van der Waals surface area contributed by atoms with Crippen molar-refractivity contribution in [3.63, 3.8) is 0 Å². The minimum Gasteiger partial charge on any atom is -0.480 e. The van der Waals surface area contributed by atoms with Gasteiger partial charge in [0.2, 0.25) is 0 Å². The van der Waals surface area contributed by atoms with Crippen molar-refractivity contribution in [2.45, 2.75) is 18.9 Å². The van der Waals surface area contributed by atoms with Gasteiger partial charge in [-0.15, -0.1) is 0 Å². The van der Waals surface area contributed by atoms with Crippen molar-refractivity contribution in [1.29, 1.82) is 0 Å². The van der Waals surface area contributed by atoms with E-state index in [0.717, 1.165) is 5.56 Å². The lowest BCUT2D eigenvalue weighted by Gasteiger charge is -2.18. The van der Waals surface area contributed by atoms with E-state index in [2.05, 4.69) is 0 Å². The number of nitrogens with two attached hydrogens (primary N) is 1. The Morgan fingerprint density at radius 1 is 1.50 bits per heavy atom. The van der Waals surface area contributed by atoms with E-state index in [0.29, 0.717) is 11.4 Å². The molecule has 4 heteroatoms. The SMILES string of the molecule is C[C@@](N)(Cc1ccc(Cl)cc1)C(=O)O. The van der Waals surface area contributed by atoms with Crippen LogP contribution in [-0.2, 0) is 11.2 Å². The molecule has 1 rings (SSSR count). The van der Waals surface area contributed by atoms with Gasteiger partial charge in [-0.3, -0.25) is 4.79 Å². The molecule has 0 saturated carbocycles. The maximum absolute atomic E-state index is 10.7. The summed E-state index contributed by atoms with van der Waals surface area (Å²) in [4.78, 5) is 10.7. The first-order valence-corrected chi connectivity index (χ1v) is 4.56. The second-order valence-electron chi connectivity index (χ2n) is 3.53. The van der Waals surface area contributed by atoms with Gasteiger partial charge in [0.15, 0.2) is 0 Å². The highest BCUT2D eigenvalue weighted by atomic mass is 35.5. The number of benzene rings is 1. The first-order valence-electron chi connectivity index (χ1n) is 4.18. The van der Waals surface area contributed by atoms with Gasteiger partial charge in [-0.1, -0.05) is 23.7 Å². The highest BCUT2D eigenvalue weighted by Crippen LogP contribution is 2.14. The van der Waals surface area contributed by atoms with E-state index in [1.54, 1.807) is 24.3 Å². The van der Waals surface area contributed by atoms with Crippen LogP contribution >= 0.6 is 11.6 Å². The second kappa shape index (κ2) is 3.98. The number of carbonyl (C=O) groups is 1. The molecule has 0 aliphatic heterocycles. The van der Waals surface area contributed by atoms with Crippen LogP contribution in [0.4, 0.5) is 0 Å². The maximum atomic E-state index is 10.7. The Morgan fingerprint density at radius 3 is 2.43 bits per heavy atom. The van der Waals surface area contributed by atoms with Crippen LogP contribution in [0.5, 0.6) is 0 Å². The van der Waals surface area contributed by atoms with Crippen molar-refractivity contribution in [1.82, 2.24) is 0 Å². The van der Waals surface area contributed by atoms with Gasteiger partial charge in [-0.05, 0) is 24.6 Å². The predicted molar refractivity (Wildman–Crippen MR) is 55.4 cm³/mol. The molecule has 0 aliphatic carbocycles. The summed E-state index contributed by atoms with van der Waals surface area (Å²) < 4.78 is 0. The van der Waals surface area contributed by atoms with E-state index in [4.69, 9.17) is 22.4 Å². The predicted octanol–water partition coefficient (Wildman–Crippen LogP) is 1.68. The third kappa shape index (κ3) is 2.72. The van der Waals surface area contributed by atoms with Gasteiger partial charge in [0.25, 0.3) is 0 Å². The lowest BCUT2D eigenvalue weighted by Crippen LogP contribution is -2.46. The summed E-state index contributed by atoms with van der Waals surface area (Å²) in [5.74, 6) is -1.01. The van der Waals surface area contributed by atoms with Gasteiger partial charge < -0.3 is 10.8 Å². The number of rotatable bonds is 3. The topological polar surface area (TPSA) is 63.3 Å². The summed E-state index contributed by atoms with van der Waals surface area (Å²) in [6.07, 6.45) is 0.291. The number of hydrogen-bond donors (Lipinski definition) is 2. The van der Waals surface area contributed by atoms with E-state index in [1.807, 2.05) is 0 Å². The average Bonchev–Trinajstić information content (AvgIpc) is 2.08. The summed E-state index contributed by atoms with van der Waals surface area (Å²) in [5, 5.41) is 9.43. The Morgan fingerprint density at radius 2 is 2.00 bits per heavy atom. The third-order valence-electron chi connectivity index (χ3n) is 1.97. The quantitative estimate of drug-likeness (QED) is 0.803. The fourth-order valence-electron chi connectivity index (χ4n) is 1.10. The standard InChI is InChI=1S/C10H12ClNO2/c1-10(12,9(13)14)6-7-2-4-8(11)5-3-7/h2-5H,6,12H2,1H3,(H,13,14)/t10-/m1/s1. The normalized spacial score (nSPS) is 14.8. The van der Waals surface area contributed by atoms with Crippen LogP contribution in [0.3, 0.4) is 0 Å². The van der Waals surface area contributed by atoms with Gasteiger partial charge in [-0.2, -0.15) is 0 Å². The largest absolute Gasteiger partial charge is 0.480 e. The first kappa shape index (κ1) is 11.0. The molecule has 0 heterocycles. The second-order valence-corrected chi connectivity index (χ2v) is 3.96. The molecule has 0 unspecified atom stereocenters. The van der Waals surface area contributed by atoms with Crippen molar-refractivity contribution in [2.75, 3.05) is 0 Å². The van der Waals surface area contributed by atoms with E-state index < -0.39 is 11.5 Å². The highest BCUT2D eigenvalue weighted by molar-refractivity contribution is 6.30. The summed E-state index contributed by atoms with van der Waals surface area (Å²) in [5.41, 5.74) is 5.23. The van der Waals surface area contributed by atoms with Gasteiger partial charge in [0.05, 0.1) is 0 Å². The van der Waals surface area contributed by atoms with E-state index in [1.165, 1.54) is 6.92 Å². The molecule has 0 spiro atoms. The minimum absolute atomic E-state index is 0.291. The molecular weight excluding hydrogens is 202 g/mol. The number of carboxylic acid groups (broad SMARTS) is 1. The molecule has 1 aromatic carbocycles. The number of aliphatic carboxylic acids is 1. The van der Waals surface area contributed by atoms with Crippen molar-refractivity contribution < 1.29 is 9.90 Å². The Labute approximate surface area is 87.5 Å². The molecule has 0 fully saturated rings. The Kier molecular flexibility index (Phi) is 3.13. The van der Waals surface area contributed by atoms with E-state index in [-0.39, 0.29) is 0 Å². The average molecular weight is 214 g/mol. The zero-order valence-electron chi connectivity index (χ0n) is 7.83. The molecule has 14 heavy (non-hydrogen) atoms. The van der Waals surface area contributed by atoms with Crippen molar-refractivity contribution in [2.24, 2.45) is 5.73 Å². The molecule has 0 amide bonds. The Bertz CT molecular complexity index is 332. The summed E-state index contributed by atoms with van der Waals surface area (Å²) in [6.45, 7) is 1.49. The molecule has 3 N–H and O–H groups in total. The molecule has 0 bridgehead atoms. The Hall–Kier alpha value is -1.06. The molecule has 0 radical (unpaired) electrons. The molecule has 0 aromatic heterocycles. The molecule has 0 saturated heterocycles. The number of halogens is 1. The third-order valence-corrected chi connectivity index (χ3v) is 2.23. The monoisotopic (exact) mass is 213 g/mol. The zero-order chi connectivity index (χ0) is 10.8. The van der Waals surface area contributed by atoms with Gasteiger partial charge in [0, 0.05) is 11.4 Å². The van der Waals surface area contributed by atoms with Crippen LogP contribution in [0, 0.1) is 0 Å². The fourth-order valence-corrected chi connectivity index (χ4v) is 1.23. The maximum Gasteiger partial charge on any atom is 0.323 e. The lowest BCUT2D eigenvalue weighted by atomic mass is 9.94. The smallest absolute Gasteiger partial charge is 0.323 e. The Balaban J connectivity index is 2.79. The molecule has 1 atom stereocenters. The van der Waals surface area contributed by atoms with Gasteiger partial charge in [-0.25, -0.2) is 0 Å². The van der Waals surface area contributed by atoms with Crippen LogP contribution in [-0.4, -0.2) is 16.6 Å². The van der Waals surface area contributed by atoms with Crippen molar-refractivity contribution in [3.05, 3.63) is 34.9 Å². The number of hydrogen-bond acceptors (Lipinski definition) is 2. The molecule has 0 aliphatic rings. The van der Waals surface area contributed by atoms with Crippen molar-refractivity contribution >= 4 is 17.6 Å². The summed E-state index contributed by atoms with van der Waals surface area (Å²) in [7, 11) is 0. The van der Waals surface area contributed by atoms with Crippen LogP contribution in [0.1, 0.15) is 12.5 Å². The van der Waals surface area contributed by atoms with Crippen molar-refractivity contribution in [3.8, 4) is 0 Å². The molecule has 76 valence electrons. The van der Waals surface area contributed by atoms with Gasteiger partial charge >= 0.3 is 5.97 Å². The van der Waals surface area contributed by atoms with Crippen LogP contribution in [0.25, 0.3) is 0 Å². The first-order chi connectivity index (χ1) is 6.42. The fraction of sp³-hybridized carbons (Fsp3) is 0.300. The van der Waals surface area contributed by atoms with Gasteiger partial charge in [0.1, 0.15) is 5.54 Å². The number of carboxylic acids is 1. The van der Waals surface area contributed by atoms with Crippen LogP contribution in [0.2, 0.25) is 5.02 Å². The van der Waals surface area contributed by atoms with Crippen LogP contribution in [0.15, 0.2) is 24.3 Å². The summed E-state index contributed by atoms with van der Waals surface area (Å²) >= 11 is 5.70. The zero-order valence-corrected chi connectivity index (χ0v) is 8.58. The van der Waals surface area contributed by atoms with E-state index in [9.17, 15) is 4.79 Å².